The molecule has 1 aliphatic heterocycles. The number of carbonyl (C=O) groups excluding carboxylic acids is 2. The Labute approximate surface area is 198 Å². The molecule has 2 N–H and O–H groups in total. The van der Waals surface area contributed by atoms with Crippen molar-refractivity contribution in [2.75, 3.05) is 0 Å². The normalized spacial score (nSPS) is 22.0. The Kier molecular flexibility index (Phi) is 7.19. The van der Waals surface area contributed by atoms with Gasteiger partial charge in [0.25, 0.3) is 5.91 Å². The van der Waals surface area contributed by atoms with Gasteiger partial charge < -0.3 is 15.5 Å². The van der Waals surface area contributed by atoms with Gasteiger partial charge in [-0.1, -0.05) is 17.3 Å². The van der Waals surface area contributed by atoms with Crippen LogP contribution in [0.25, 0.3) is 0 Å². The third-order valence-corrected chi connectivity index (χ3v) is 6.44. The summed E-state index contributed by atoms with van der Waals surface area (Å²) in [6, 6.07) is 6.62. The summed E-state index contributed by atoms with van der Waals surface area (Å²) in [7, 11) is 0. The summed E-state index contributed by atoms with van der Waals surface area (Å²) >= 11 is 0. The summed E-state index contributed by atoms with van der Waals surface area (Å²) in [6.07, 6.45) is 4.41. The van der Waals surface area contributed by atoms with Crippen LogP contribution in [-0.4, -0.2) is 39.6 Å². The summed E-state index contributed by atoms with van der Waals surface area (Å²) in [6.45, 7) is 5.24. The molecule has 8 nitrogen and oxygen atoms in total. The lowest BCUT2D eigenvalue weighted by molar-refractivity contribution is -0.120. The van der Waals surface area contributed by atoms with Crippen LogP contribution in [0.4, 0.5) is 4.39 Å². The molecule has 1 atom stereocenters. The van der Waals surface area contributed by atoms with Crippen molar-refractivity contribution < 1.29 is 18.8 Å². The van der Waals surface area contributed by atoms with Crippen LogP contribution in [0.2, 0.25) is 0 Å². The van der Waals surface area contributed by atoms with Crippen molar-refractivity contribution in [1.82, 2.24) is 20.6 Å². The van der Waals surface area contributed by atoms with Gasteiger partial charge in [-0.2, -0.15) is 0 Å². The third kappa shape index (κ3) is 5.76. The number of hydrogen-bond acceptors (Lipinski definition) is 6. The molecule has 34 heavy (non-hydrogen) atoms. The lowest BCUT2D eigenvalue weighted by atomic mass is 9.81. The molecule has 0 radical (unpaired) electrons. The van der Waals surface area contributed by atoms with Gasteiger partial charge in [0.15, 0.2) is 0 Å². The molecule has 2 amide bonds. The van der Waals surface area contributed by atoms with Crippen molar-refractivity contribution in [3.63, 3.8) is 0 Å². The van der Waals surface area contributed by atoms with Gasteiger partial charge in [0.05, 0.1) is 5.69 Å². The number of amides is 2. The lowest BCUT2D eigenvalue weighted by Gasteiger charge is -2.31. The molecule has 4 rings (SSSR count). The smallest absolute Gasteiger partial charge is 0.270 e. The first kappa shape index (κ1) is 23.8. The highest BCUT2D eigenvalue weighted by Crippen LogP contribution is 2.33. The Balaban J connectivity index is 1.36. The van der Waals surface area contributed by atoms with E-state index < -0.39 is 0 Å². The average molecular weight is 468 g/mol. The zero-order chi connectivity index (χ0) is 24.2. The predicted octanol–water partition coefficient (Wildman–Crippen LogP) is 3.35. The number of oxime groups is 1. The van der Waals surface area contributed by atoms with Gasteiger partial charge in [-0.25, -0.2) is 14.4 Å². The summed E-state index contributed by atoms with van der Waals surface area (Å²) in [4.78, 5) is 38.5. The van der Waals surface area contributed by atoms with Crippen LogP contribution >= 0.6 is 0 Å². The van der Waals surface area contributed by atoms with E-state index in [0.717, 1.165) is 31.2 Å². The zero-order valence-corrected chi connectivity index (χ0v) is 19.7. The number of nitrogens with one attached hydrogen (secondary N) is 2. The fourth-order valence-electron chi connectivity index (χ4n) is 4.64. The summed E-state index contributed by atoms with van der Waals surface area (Å²) in [5.41, 5.74) is 2.89. The molecule has 0 bridgehead atoms. The van der Waals surface area contributed by atoms with E-state index in [1.54, 1.807) is 39.0 Å². The first-order valence-electron chi connectivity index (χ1n) is 11.7. The van der Waals surface area contributed by atoms with E-state index in [9.17, 15) is 14.0 Å². The largest absolute Gasteiger partial charge is 0.391 e. The van der Waals surface area contributed by atoms with Crippen molar-refractivity contribution in [3.8, 4) is 0 Å². The molecular weight excluding hydrogens is 437 g/mol. The number of rotatable bonds is 6. The highest BCUT2D eigenvalue weighted by molar-refractivity contribution is 6.01. The minimum absolute atomic E-state index is 0.0120. The number of aryl methyl sites for hydroxylation is 2. The van der Waals surface area contributed by atoms with Crippen LogP contribution in [0.3, 0.4) is 0 Å². The van der Waals surface area contributed by atoms with Gasteiger partial charge >= 0.3 is 0 Å². The van der Waals surface area contributed by atoms with Crippen LogP contribution in [0, 0.1) is 25.6 Å². The summed E-state index contributed by atoms with van der Waals surface area (Å²) in [5, 5.41) is 10.1. The Morgan fingerprint density at radius 1 is 1.12 bits per heavy atom. The SMILES string of the molecule is CC(=O)N[C@H]1CC[C@H]([C@@H]2CC(c3cc(C(=O)NCc4ccc(F)c(C)c4)nc(C)n3)=NO2)CC1. The minimum Gasteiger partial charge on any atom is -0.391 e. The molecule has 180 valence electrons. The van der Waals surface area contributed by atoms with Gasteiger partial charge in [0, 0.05) is 25.9 Å². The van der Waals surface area contributed by atoms with Crippen molar-refractivity contribution in [1.29, 1.82) is 0 Å². The highest BCUT2D eigenvalue weighted by atomic mass is 19.1. The maximum atomic E-state index is 13.5. The molecule has 1 aromatic carbocycles. The second kappa shape index (κ2) is 10.3. The topological polar surface area (TPSA) is 106 Å². The maximum Gasteiger partial charge on any atom is 0.270 e. The number of carbonyl (C=O) groups is 2. The van der Waals surface area contributed by atoms with Crippen LogP contribution in [0.5, 0.6) is 0 Å². The number of benzene rings is 1. The first-order valence-corrected chi connectivity index (χ1v) is 11.7. The standard InChI is InChI=1S/C25H30FN5O3/c1-14-10-17(4-9-20(14)26)13-27-25(33)23-11-21(28-15(2)29-23)22-12-24(34-31-22)18-5-7-19(8-6-18)30-16(3)32/h4,9-11,18-19,24H,5-8,12-13H2,1-3H3,(H,27,33)(H,30,32)/t18-,19-,24-/m0/s1. The minimum atomic E-state index is -0.332. The quantitative estimate of drug-likeness (QED) is 0.678. The van der Waals surface area contributed by atoms with Crippen molar-refractivity contribution in [2.24, 2.45) is 11.1 Å². The van der Waals surface area contributed by atoms with E-state index in [2.05, 4.69) is 25.8 Å². The van der Waals surface area contributed by atoms with Crippen LogP contribution in [0.15, 0.2) is 29.4 Å². The molecule has 2 aromatic rings. The van der Waals surface area contributed by atoms with Crippen LogP contribution in [0.1, 0.15) is 72.2 Å². The molecule has 1 fully saturated rings. The number of halogens is 1. The molecule has 0 spiro atoms. The molecule has 1 aliphatic carbocycles. The lowest BCUT2D eigenvalue weighted by Crippen LogP contribution is -2.38. The molecule has 2 aliphatic rings. The van der Waals surface area contributed by atoms with Gasteiger partial charge in [-0.05, 0) is 68.7 Å². The number of nitrogens with zero attached hydrogens (tertiary/aromatic N) is 3. The summed E-state index contributed by atoms with van der Waals surface area (Å²) in [5.74, 6) is 0.252. The van der Waals surface area contributed by atoms with Crippen molar-refractivity contribution >= 4 is 17.5 Å². The highest BCUT2D eigenvalue weighted by Gasteiger charge is 2.34. The predicted molar refractivity (Wildman–Crippen MR) is 125 cm³/mol. The molecule has 0 saturated heterocycles. The van der Waals surface area contributed by atoms with E-state index in [1.165, 1.54) is 6.07 Å². The molecule has 1 aromatic heterocycles. The van der Waals surface area contributed by atoms with E-state index in [4.69, 9.17) is 4.84 Å². The van der Waals surface area contributed by atoms with E-state index in [0.29, 0.717) is 35.1 Å². The van der Waals surface area contributed by atoms with E-state index in [1.807, 2.05) is 0 Å². The third-order valence-electron chi connectivity index (χ3n) is 6.44. The fourth-order valence-corrected chi connectivity index (χ4v) is 4.64. The monoisotopic (exact) mass is 467 g/mol. The van der Waals surface area contributed by atoms with Crippen molar-refractivity contribution in [2.45, 2.75) is 71.6 Å². The van der Waals surface area contributed by atoms with Gasteiger partial charge in [-0.15, -0.1) is 0 Å². The van der Waals surface area contributed by atoms with E-state index >= 15 is 0 Å². The molecule has 9 heteroatoms. The second-order valence-corrected chi connectivity index (χ2v) is 9.15. The van der Waals surface area contributed by atoms with Crippen LogP contribution < -0.4 is 10.6 Å². The van der Waals surface area contributed by atoms with Gasteiger partial charge in [-0.3, -0.25) is 9.59 Å². The molecule has 2 heterocycles. The number of hydrogen-bond donors (Lipinski definition) is 2. The Morgan fingerprint density at radius 2 is 1.88 bits per heavy atom. The van der Waals surface area contributed by atoms with Crippen LogP contribution in [-0.2, 0) is 16.2 Å². The Bertz CT molecular complexity index is 1110. The van der Waals surface area contributed by atoms with Crippen molar-refractivity contribution in [3.05, 3.63) is 58.4 Å². The molecule has 0 unspecified atom stereocenters. The summed E-state index contributed by atoms with van der Waals surface area (Å²) < 4.78 is 13.5. The fraction of sp³-hybridized carbons (Fsp3) is 0.480. The average Bonchev–Trinajstić information content (AvgIpc) is 3.30. The second-order valence-electron chi connectivity index (χ2n) is 9.15. The molecule has 1 saturated carbocycles. The Hall–Kier alpha value is -3.36. The Morgan fingerprint density at radius 3 is 2.59 bits per heavy atom. The number of aromatic nitrogens is 2. The van der Waals surface area contributed by atoms with E-state index in [-0.39, 0.29) is 42.0 Å². The molecular formula is C25H30FN5O3. The van der Waals surface area contributed by atoms with Gasteiger partial charge in [0.2, 0.25) is 5.91 Å². The van der Waals surface area contributed by atoms with Gasteiger partial charge in [0.1, 0.15) is 29.2 Å². The zero-order valence-electron chi connectivity index (χ0n) is 19.7. The first-order chi connectivity index (χ1) is 16.3. The maximum absolute atomic E-state index is 13.5.